The fourth-order valence-electron chi connectivity index (χ4n) is 4.25. The summed E-state index contributed by atoms with van der Waals surface area (Å²) in [6.07, 6.45) is 0. The van der Waals surface area contributed by atoms with Crippen LogP contribution >= 0.6 is 0 Å². The Bertz CT molecular complexity index is 1480. The topological polar surface area (TPSA) is 47.5 Å². The molecule has 0 atom stereocenters. The molecule has 0 saturated heterocycles. The minimum absolute atomic E-state index is 0.353. The van der Waals surface area contributed by atoms with Crippen LogP contribution in [0.3, 0.4) is 0 Å². The van der Waals surface area contributed by atoms with Gasteiger partial charge in [-0.15, -0.1) is 0 Å². The van der Waals surface area contributed by atoms with Gasteiger partial charge < -0.3 is 18.7 Å². The smallest absolute Gasteiger partial charge is 0.504 e. The summed E-state index contributed by atoms with van der Waals surface area (Å²) in [6.45, 7) is 0. The number of hydrogen-bond donors (Lipinski definition) is 1. The van der Waals surface area contributed by atoms with E-state index < -0.39 is 0 Å². The van der Waals surface area contributed by atoms with E-state index in [2.05, 4.69) is 65.2 Å². The highest BCUT2D eigenvalue weighted by Crippen LogP contribution is 2.36. The highest BCUT2D eigenvalue weighted by molar-refractivity contribution is 6.17. The number of benzene rings is 4. The van der Waals surface area contributed by atoms with Crippen LogP contribution in [0.5, 0.6) is 5.75 Å². The molecule has 138 valence electrons. The molecule has 6 aromatic rings. The first-order chi connectivity index (χ1) is 14.3. The molecule has 0 aliphatic heterocycles. The van der Waals surface area contributed by atoms with Crippen LogP contribution in [0.2, 0.25) is 0 Å². The molecule has 2 heterocycles. The summed E-state index contributed by atoms with van der Waals surface area (Å²) in [5.41, 5.74) is 5.04. The summed E-state index contributed by atoms with van der Waals surface area (Å²) in [5, 5.41) is 13.5. The van der Waals surface area contributed by atoms with E-state index in [4.69, 9.17) is 14.1 Å². The molecule has 0 radical (unpaired) electrons. The molecule has 0 aliphatic carbocycles. The van der Waals surface area contributed by atoms with Crippen LogP contribution < -0.4 is 4.65 Å². The molecule has 0 fully saturated rings. The highest BCUT2D eigenvalue weighted by atomic mass is 16.5. The van der Waals surface area contributed by atoms with Gasteiger partial charge in [-0.05, 0) is 48.5 Å². The van der Waals surface area contributed by atoms with Crippen molar-refractivity contribution in [3.05, 3.63) is 84.9 Å². The van der Waals surface area contributed by atoms with E-state index in [0.717, 1.165) is 27.6 Å². The summed E-state index contributed by atoms with van der Waals surface area (Å²) in [6, 6.07) is 28.8. The fraction of sp³-hybridized carbons (Fsp3) is 0. The Kier molecular flexibility index (Phi) is 3.46. The van der Waals surface area contributed by atoms with Crippen LogP contribution in [-0.4, -0.2) is 17.3 Å². The first-order valence-electron chi connectivity index (χ1n) is 9.52. The predicted molar refractivity (Wildman–Crippen MR) is 118 cm³/mol. The van der Waals surface area contributed by atoms with Crippen LogP contribution in [0, 0.1) is 0 Å². The average molecular weight is 377 g/mol. The lowest BCUT2D eigenvalue weighted by Crippen LogP contribution is -1.99. The van der Waals surface area contributed by atoms with Crippen molar-refractivity contribution in [3.63, 3.8) is 0 Å². The molecule has 0 spiro atoms. The van der Waals surface area contributed by atoms with E-state index in [-0.39, 0.29) is 7.69 Å². The SMILES string of the molecule is OBOc1ccc2oc3ccc(-n4c5ccccc5c5ccccc54)cc3c2c1. The van der Waals surface area contributed by atoms with E-state index in [1.165, 1.54) is 21.8 Å². The second-order valence-electron chi connectivity index (χ2n) is 7.08. The van der Waals surface area contributed by atoms with Gasteiger partial charge in [0.25, 0.3) is 0 Å². The quantitative estimate of drug-likeness (QED) is 0.425. The Morgan fingerprint density at radius 3 is 2.00 bits per heavy atom. The fourth-order valence-corrected chi connectivity index (χ4v) is 4.25. The zero-order valence-electron chi connectivity index (χ0n) is 15.5. The normalized spacial score (nSPS) is 11.6. The van der Waals surface area contributed by atoms with Crippen LogP contribution in [0.4, 0.5) is 0 Å². The minimum Gasteiger partial charge on any atom is -0.539 e. The maximum Gasteiger partial charge on any atom is 0.504 e. The summed E-state index contributed by atoms with van der Waals surface area (Å²) >= 11 is 0. The second-order valence-corrected chi connectivity index (χ2v) is 7.08. The number of aromatic nitrogens is 1. The molecule has 29 heavy (non-hydrogen) atoms. The van der Waals surface area contributed by atoms with Crippen molar-refractivity contribution in [2.24, 2.45) is 0 Å². The minimum atomic E-state index is -0.353. The van der Waals surface area contributed by atoms with Gasteiger partial charge in [0.15, 0.2) is 0 Å². The monoisotopic (exact) mass is 377 g/mol. The van der Waals surface area contributed by atoms with Gasteiger partial charge in [0.2, 0.25) is 0 Å². The van der Waals surface area contributed by atoms with Crippen molar-refractivity contribution in [1.82, 2.24) is 4.57 Å². The molecule has 1 N–H and O–H groups in total. The molecule has 0 aliphatic rings. The second kappa shape index (κ2) is 6.16. The van der Waals surface area contributed by atoms with Gasteiger partial charge in [-0.3, -0.25) is 0 Å². The molecular formula is C24H16BNO3. The van der Waals surface area contributed by atoms with Gasteiger partial charge in [-0.1, -0.05) is 36.4 Å². The van der Waals surface area contributed by atoms with Gasteiger partial charge in [-0.25, -0.2) is 0 Å². The predicted octanol–water partition coefficient (Wildman–Crippen LogP) is 5.32. The number of nitrogens with zero attached hydrogens (tertiary/aromatic N) is 1. The first kappa shape index (κ1) is 16.3. The third-order valence-electron chi connectivity index (χ3n) is 5.49. The van der Waals surface area contributed by atoms with E-state index >= 15 is 0 Å². The standard InChI is InChI=1S/C24H16BNO3/c27-25-29-16-10-12-24-20(14-16)19-13-15(9-11-23(19)28-24)26-21-7-3-1-5-17(21)18-6-2-4-8-22(18)26/h1-14,25,27H. The van der Waals surface area contributed by atoms with Gasteiger partial charge in [0.1, 0.15) is 16.9 Å². The van der Waals surface area contributed by atoms with Crippen LogP contribution in [0.15, 0.2) is 89.3 Å². The lowest BCUT2D eigenvalue weighted by Gasteiger charge is -2.08. The van der Waals surface area contributed by atoms with Gasteiger partial charge in [-0.2, -0.15) is 0 Å². The van der Waals surface area contributed by atoms with Crippen molar-refractivity contribution in [1.29, 1.82) is 0 Å². The third kappa shape index (κ3) is 2.38. The van der Waals surface area contributed by atoms with E-state index in [1.807, 2.05) is 18.2 Å². The Balaban J connectivity index is 1.67. The van der Waals surface area contributed by atoms with Gasteiger partial charge in [0, 0.05) is 27.2 Å². The summed E-state index contributed by atoms with van der Waals surface area (Å²) < 4.78 is 13.6. The largest absolute Gasteiger partial charge is 0.539 e. The van der Waals surface area contributed by atoms with Crippen LogP contribution in [0.1, 0.15) is 0 Å². The molecule has 5 heteroatoms. The highest BCUT2D eigenvalue weighted by Gasteiger charge is 2.14. The molecule has 0 amide bonds. The number of para-hydroxylation sites is 2. The molecule has 0 unspecified atom stereocenters. The van der Waals surface area contributed by atoms with Crippen molar-refractivity contribution in [3.8, 4) is 11.4 Å². The van der Waals surface area contributed by atoms with Crippen molar-refractivity contribution >= 4 is 51.4 Å². The number of hydrogen-bond acceptors (Lipinski definition) is 3. The van der Waals surface area contributed by atoms with Crippen LogP contribution in [-0.2, 0) is 0 Å². The lowest BCUT2D eigenvalue weighted by atomic mass is 10.1. The van der Waals surface area contributed by atoms with Crippen LogP contribution in [0.25, 0.3) is 49.4 Å². The maximum atomic E-state index is 9.08. The van der Waals surface area contributed by atoms with Gasteiger partial charge in [0.05, 0.1) is 11.0 Å². The molecule has 4 aromatic carbocycles. The Labute approximate surface area is 166 Å². The lowest BCUT2D eigenvalue weighted by molar-refractivity contribution is 0.454. The molecule has 4 nitrogen and oxygen atoms in total. The molecule has 0 saturated carbocycles. The third-order valence-corrected chi connectivity index (χ3v) is 5.49. The van der Waals surface area contributed by atoms with Crippen molar-refractivity contribution < 1.29 is 14.1 Å². The van der Waals surface area contributed by atoms with E-state index in [9.17, 15) is 0 Å². The molecule has 2 aromatic heterocycles. The molecule has 0 bridgehead atoms. The van der Waals surface area contributed by atoms with E-state index in [0.29, 0.717) is 5.75 Å². The number of rotatable bonds is 3. The zero-order valence-corrected chi connectivity index (χ0v) is 15.5. The van der Waals surface area contributed by atoms with E-state index in [1.54, 1.807) is 6.07 Å². The maximum absolute atomic E-state index is 9.08. The summed E-state index contributed by atoms with van der Waals surface area (Å²) in [4.78, 5) is 0. The van der Waals surface area contributed by atoms with Crippen molar-refractivity contribution in [2.45, 2.75) is 0 Å². The Morgan fingerprint density at radius 2 is 1.31 bits per heavy atom. The zero-order chi connectivity index (χ0) is 19.4. The molecule has 6 rings (SSSR count). The Morgan fingerprint density at radius 1 is 0.690 bits per heavy atom. The molecular weight excluding hydrogens is 361 g/mol. The Hall–Kier alpha value is -3.70. The van der Waals surface area contributed by atoms with Crippen molar-refractivity contribution in [2.75, 3.05) is 0 Å². The average Bonchev–Trinajstić information content (AvgIpc) is 3.29. The first-order valence-corrected chi connectivity index (χ1v) is 9.52. The summed E-state index contributed by atoms with van der Waals surface area (Å²) in [5.74, 6) is 0.616. The van der Waals surface area contributed by atoms with Gasteiger partial charge >= 0.3 is 7.69 Å². The number of furan rings is 1. The summed E-state index contributed by atoms with van der Waals surface area (Å²) in [7, 11) is -0.353. The number of fused-ring (bicyclic) bond motifs is 6.